The molecule has 2 aromatic carbocycles. The molecule has 0 atom stereocenters. The van der Waals surface area contributed by atoms with Crippen LogP contribution in [0.4, 0.5) is 16.2 Å². The predicted octanol–water partition coefficient (Wildman–Crippen LogP) is 4.97. The van der Waals surface area contributed by atoms with Gasteiger partial charge >= 0.3 is 6.09 Å². The van der Waals surface area contributed by atoms with E-state index in [2.05, 4.69) is 10.6 Å². The van der Waals surface area contributed by atoms with Crippen LogP contribution in [0.15, 0.2) is 60.7 Å². The number of carbonyl (C=O) groups is 1. The second-order valence-electron chi connectivity index (χ2n) is 6.36. The number of nitrogens with one attached hydrogen (secondary N) is 2. The first-order valence-electron chi connectivity index (χ1n) is 7.98. The normalized spacial score (nSPS) is 11.3. The highest BCUT2D eigenvalue weighted by Crippen LogP contribution is 2.21. The van der Waals surface area contributed by atoms with Gasteiger partial charge in [-0.05, 0) is 44.5 Å². The summed E-state index contributed by atoms with van der Waals surface area (Å²) < 4.78 is 5.20. The molecule has 0 bridgehead atoms. The van der Waals surface area contributed by atoms with Gasteiger partial charge in [-0.1, -0.05) is 48.6 Å². The number of hydrogen-bond acceptors (Lipinski definition) is 3. The maximum atomic E-state index is 11.6. The minimum atomic E-state index is -0.486. The van der Waals surface area contributed by atoms with E-state index >= 15 is 0 Å². The van der Waals surface area contributed by atoms with E-state index < -0.39 is 11.7 Å². The van der Waals surface area contributed by atoms with E-state index in [1.165, 1.54) is 0 Å². The van der Waals surface area contributed by atoms with Crippen LogP contribution in [0, 0.1) is 0 Å². The summed E-state index contributed by atoms with van der Waals surface area (Å²) in [5, 5.41) is 6.10. The molecule has 0 aliphatic rings. The molecule has 0 fully saturated rings. The fourth-order valence-corrected chi connectivity index (χ4v) is 2.08. The summed E-state index contributed by atoms with van der Waals surface area (Å²) in [6, 6.07) is 18.0. The summed E-state index contributed by atoms with van der Waals surface area (Å²) in [5.41, 5.74) is 2.61. The Morgan fingerprint density at radius 3 is 2.42 bits per heavy atom. The minimum Gasteiger partial charge on any atom is -0.444 e. The molecule has 2 aromatic rings. The van der Waals surface area contributed by atoms with E-state index in [1.54, 1.807) is 0 Å². The van der Waals surface area contributed by atoms with Crippen molar-refractivity contribution in [3.8, 4) is 0 Å². The van der Waals surface area contributed by atoms with E-state index in [9.17, 15) is 4.79 Å². The molecule has 0 unspecified atom stereocenters. The van der Waals surface area contributed by atoms with Crippen LogP contribution in [0.1, 0.15) is 26.3 Å². The van der Waals surface area contributed by atoms with Crippen LogP contribution in [0.3, 0.4) is 0 Å². The summed E-state index contributed by atoms with van der Waals surface area (Å²) >= 11 is 0. The molecule has 1 amide bonds. The third kappa shape index (κ3) is 6.16. The molecule has 0 aromatic heterocycles. The molecule has 2 N–H and O–H groups in total. The van der Waals surface area contributed by atoms with Crippen molar-refractivity contribution >= 4 is 23.5 Å². The van der Waals surface area contributed by atoms with E-state index in [1.807, 2.05) is 87.5 Å². The number of para-hydroxylation sites is 2. The first kappa shape index (κ1) is 17.6. The van der Waals surface area contributed by atoms with Gasteiger partial charge in [0, 0.05) is 17.9 Å². The fourth-order valence-electron chi connectivity index (χ4n) is 2.08. The van der Waals surface area contributed by atoms with Gasteiger partial charge in [-0.2, -0.15) is 0 Å². The van der Waals surface area contributed by atoms with Gasteiger partial charge in [-0.3, -0.25) is 0 Å². The largest absolute Gasteiger partial charge is 0.444 e. The minimum absolute atomic E-state index is 0.411. The lowest BCUT2D eigenvalue weighted by atomic mass is 10.1. The van der Waals surface area contributed by atoms with Gasteiger partial charge in [0.15, 0.2) is 0 Å². The molecule has 0 heterocycles. The van der Waals surface area contributed by atoms with Gasteiger partial charge in [0.1, 0.15) is 5.60 Å². The highest BCUT2D eigenvalue weighted by atomic mass is 16.6. The van der Waals surface area contributed by atoms with E-state index in [0.717, 1.165) is 16.9 Å². The molecule has 0 aliphatic carbocycles. The van der Waals surface area contributed by atoms with Crippen molar-refractivity contribution in [3.05, 3.63) is 66.2 Å². The SMILES string of the molecule is CC(C)(C)OC(=O)NCC=Cc1ccccc1Nc1ccccc1. The molecule has 0 saturated carbocycles. The molecule has 4 nitrogen and oxygen atoms in total. The number of carbonyl (C=O) groups excluding carboxylic acids is 1. The highest BCUT2D eigenvalue weighted by molar-refractivity contribution is 5.72. The topological polar surface area (TPSA) is 50.4 Å². The van der Waals surface area contributed by atoms with Crippen molar-refractivity contribution in [2.75, 3.05) is 11.9 Å². The quantitative estimate of drug-likeness (QED) is 0.816. The summed E-state index contributed by atoms with van der Waals surface area (Å²) in [4.78, 5) is 11.6. The van der Waals surface area contributed by atoms with Crippen LogP contribution in [-0.2, 0) is 4.74 Å². The summed E-state index contributed by atoms with van der Waals surface area (Å²) in [5.74, 6) is 0. The zero-order valence-corrected chi connectivity index (χ0v) is 14.4. The van der Waals surface area contributed by atoms with Gasteiger partial charge in [-0.15, -0.1) is 0 Å². The van der Waals surface area contributed by atoms with Gasteiger partial charge in [0.2, 0.25) is 0 Å². The van der Waals surface area contributed by atoms with Crippen LogP contribution in [0.2, 0.25) is 0 Å². The Kier molecular flexibility index (Phi) is 6.01. The number of alkyl carbamates (subject to hydrolysis) is 1. The zero-order valence-electron chi connectivity index (χ0n) is 14.4. The van der Waals surface area contributed by atoms with E-state index in [-0.39, 0.29) is 0 Å². The van der Waals surface area contributed by atoms with Crippen molar-refractivity contribution in [1.82, 2.24) is 5.32 Å². The van der Waals surface area contributed by atoms with Crippen LogP contribution in [0.5, 0.6) is 0 Å². The maximum Gasteiger partial charge on any atom is 0.407 e. The number of rotatable bonds is 5. The van der Waals surface area contributed by atoms with Crippen LogP contribution >= 0.6 is 0 Å². The average Bonchev–Trinajstić information content (AvgIpc) is 2.52. The van der Waals surface area contributed by atoms with Crippen molar-refractivity contribution in [2.24, 2.45) is 0 Å². The zero-order chi connectivity index (χ0) is 17.4. The fraction of sp³-hybridized carbons (Fsp3) is 0.250. The lowest BCUT2D eigenvalue weighted by molar-refractivity contribution is 0.0534. The van der Waals surface area contributed by atoms with Gasteiger partial charge in [0.05, 0.1) is 0 Å². The third-order valence-corrected chi connectivity index (χ3v) is 3.07. The third-order valence-electron chi connectivity index (χ3n) is 3.07. The Balaban J connectivity index is 1.94. The molecule has 2 rings (SSSR count). The Bertz CT molecular complexity index is 688. The summed E-state index contributed by atoms with van der Waals surface area (Å²) in [6.07, 6.45) is 3.46. The van der Waals surface area contributed by atoms with E-state index in [0.29, 0.717) is 6.54 Å². The van der Waals surface area contributed by atoms with Gasteiger partial charge in [-0.25, -0.2) is 4.79 Å². The van der Waals surface area contributed by atoms with Crippen molar-refractivity contribution in [3.63, 3.8) is 0 Å². The average molecular weight is 324 g/mol. The lowest BCUT2D eigenvalue weighted by Crippen LogP contribution is -2.32. The summed E-state index contributed by atoms with van der Waals surface area (Å²) in [7, 11) is 0. The monoisotopic (exact) mass is 324 g/mol. The molecule has 0 spiro atoms. The van der Waals surface area contributed by atoms with E-state index in [4.69, 9.17) is 4.74 Å². The number of amides is 1. The second-order valence-corrected chi connectivity index (χ2v) is 6.36. The second kappa shape index (κ2) is 8.20. The first-order valence-corrected chi connectivity index (χ1v) is 7.98. The highest BCUT2D eigenvalue weighted by Gasteiger charge is 2.14. The maximum absolute atomic E-state index is 11.6. The standard InChI is InChI=1S/C20H24N2O2/c1-20(2,3)24-19(23)21-15-9-11-16-10-7-8-14-18(16)22-17-12-5-4-6-13-17/h4-14,22H,15H2,1-3H3,(H,21,23). The van der Waals surface area contributed by atoms with Crippen molar-refractivity contribution < 1.29 is 9.53 Å². The van der Waals surface area contributed by atoms with Crippen LogP contribution < -0.4 is 10.6 Å². The lowest BCUT2D eigenvalue weighted by Gasteiger charge is -2.19. The smallest absolute Gasteiger partial charge is 0.407 e. The first-order chi connectivity index (χ1) is 11.4. The molecule has 0 radical (unpaired) electrons. The molecular formula is C20H24N2O2. The van der Waals surface area contributed by atoms with Crippen LogP contribution in [0.25, 0.3) is 6.08 Å². The number of ether oxygens (including phenoxy) is 1. The molecule has 0 aliphatic heterocycles. The van der Waals surface area contributed by atoms with Gasteiger partial charge in [0.25, 0.3) is 0 Å². The van der Waals surface area contributed by atoms with Crippen molar-refractivity contribution in [1.29, 1.82) is 0 Å². The Morgan fingerprint density at radius 2 is 1.71 bits per heavy atom. The number of benzene rings is 2. The van der Waals surface area contributed by atoms with Crippen molar-refractivity contribution in [2.45, 2.75) is 26.4 Å². The summed E-state index contributed by atoms with van der Waals surface area (Å²) in [6.45, 7) is 5.93. The van der Waals surface area contributed by atoms with Crippen LogP contribution in [-0.4, -0.2) is 18.2 Å². The molecule has 24 heavy (non-hydrogen) atoms. The number of anilines is 2. The van der Waals surface area contributed by atoms with Gasteiger partial charge < -0.3 is 15.4 Å². The molecule has 0 saturated heterocycles. The number of hydrogen-bond donors (Lipinski definition) is 2. The molecule has 4 heteroatoms. The Morgan fingerprint density at radius 1 is 1.04 bits per heavy atom. The molecule has 126 valence electrons. The Labute approximate surface area is 143 Å². The Hall–Kier alpha value is -2.75. The predicted molar refractivity (Wildman–Crippen MR) is 99.4 cm³/mol. The molecular weight excluding hydrogens is 300 g/mol.